The topological polar surface area (TPSA) is 15.3 Å². The summed E-state index contributed by atoms with van der Waals surface area (Å²) in [6, 6.07) is 0.660. The van der Waals surface area contributed by atoms with Crippen LogP contribution in [0.25, 0.3) is 0 Å². The summed E-state index contributed by atoms with van der Waals surface area (Å²) in [4.78, 5) is 2.61. The Hall–Kier alpha value is -0.0800. The van der Waals surface area contributed by atoms with Gasteiger partial charge in [-0.15, -0.1) is 0 Å². The molecular weight excluding hydrogens is 196 g/mol. The van der Waals surface area contributed by atoms with Crippen molar-refractivity contribution in [1.29, 1.82) is 0 Å². The Balaban J connectivity index is 4.19. The van der Waals surface area contributed by atoms with E-state index in [0.29, 0.717) is 6.04 Å². The number of nitrogens with one attached hydrogen (secondary N) is 1. The number of rotatable bonds is 10. The van der Waals surface area contributed by atoms with Crippen molar-refractivity contribution >= 4 is 0 Å². The highest BCUT2D eigenvalue weighted by Gasteiger charge is 2.17. The summed E-state index contributed by atoms with van der Waals surface area (Å²) in [7, 11) is 0. The van der Waals surface area contributed by atoms with Gasteiger partial charge in [0.2, 0.25) is 0 Å². The fraction of sp³-hybridized carbons (Fsp3) is 1.00. The minimum atomic E-state index is 0.660. The van der Waals surface area contributed by atoms with E-state index in [9.17, 15) is 0 Å². The van der Waals surface area contributed by atoms with E-state index in [1.165, 1.54) is 38.9 Å². The average Bonchev–Trinajstić information content (AvgIpc) is 2.28. The molecule has 1 N–H and O–H groups in total. The van der Waals surface area contributed by atoms with E-state index in [-0.39, 0.29) is 0 Å². The van der Waals surface area contributed by atoms with Crippen molar-refractivity contribution in [3.05, 3.63) is 0 Å². The Morgan fingerprint density at radius 1 is 1.00 bits per heavy atom. The van der Waals surface area contributed by atoms with Gasteiger partial charge in [-0.3, -0.25) is 0 Å². The summed E-state index contributed by atoms with van der Waals surface area (Å²) in [5.74, 6) is 0.774. The molecule has 98 valence electrons. The Morgan fingerprint density at radius 2 is 1.56 bits per heavy atom. The predicted molar refractivity (Wildman–Crippen MR) is 73.9 cm³/mol. The summed E-state index contributed by atoms with van der Waals surface area (Å²) in [5.41, 5.74) is 0. The molecule has 0 aromatic carbocycles. The molecule has 0 radical (unpaired) electrons. The molecule has 0 saturated heterocycles. The highest BCUT2D eigenvalue weighted by atomic mass is 15.1. The molecule has 16 heavy (non-hydrogen) atoms. The summed E-state index contributed by atoms with van der Waals surface area (Å²) in [5, 5.41) is 3.64. The summed E-state index contributed by atoms with van der Waals surface area (Å²) >= 11 is 0. The highest BCUT2D eigenvalue weighted by Crippen LogP contribution is 2.10. The maximum atomic E-state index is 3.64. The van der Waals surface area contributed by atoms with Crippen molar-refractivity contribution in [2.45, 2.75) is 59.9 Å². The van der Waals surface area contributed by atoms with Crippen LogP contribution in [0.3, 0.4) is 0 Å². The van der Waals surface area contributed by atoms with Crippen molar-refractivity contribution in [3.63, 3.8) is 0 Å². The molecule has 2 nitrogen and oxygen atoms in total. The second-order valence-electron chi connectivity index (χ2n) is 4.85. The molecule has 0 aliphatic heterocycles. The lowest BCUT2D eigenvalue weighted by Gasteiger charge is -2.31. The van der Waals surface area contributed by atoms with Crippen LogP contribution in [0.15, 0.2) is 0 Å². The van der Waals surface area contributed by atoms with E-state index >= 15 is 0 Å². The van der Waals surface area contributed by atoms with Gasteiger partial charge in [0.25, 0.3) is 0 Å². The number of likely N-dealkylation sites (N-methyl/N-ethyl adjacent to an activating group) is 1. The highest BCUT2D eigenvalue weighted by molar-refractivity contribution is 4.76. The van der Waals surface area contributed by atoms with Gasteiger partial charge in [-0.25, -0.2) is 0 Å². The van der Waals surface area contributed by atoms with Gasteiger partial charge in [0, 0.05) is 12.6 Å². The van der Waals surface area contributed by atoms with Gasteiger partial charge in [-0.1, -0.05) is 41.0 Å². The van der Waals surface area contributed by atoms with Crippen molar-refractivity contribution < 1.29 is 0 Å². The Bertz CT molecular complexity index is 142. The third-order valence-corrected chi connectivity index (χ3v) is 3.33. The molecule has 0 aliphatic carbocycles. The Morgan fingerprint density at radius 3 is 1.94 bits per heavy atom. The SMILES string of the molecule is CCCN(CCC)CC(NCC)C(C)CC. The first-order chi connectivity index (χ1) is 7.69. The van der Waals surface area contributed by atoms with Crippen LogP contribution in [0.2, 0.25) is 0 Å². The lowest BCUT2D eigenvalue weighted by Crippen LogP contribution is -2.45. The molecule has 0 aromatic rings. The molecule has 0 rings (SSSR count). The quantitative estimate of drug-likeness (QED) is 0.618. The summed E-state index contributed by atoms with van der Waals surface area (Å²) in [6.45, 7) is 16.2. The molecule has 0 saturated carbocycles. The first-order valence-corrected chi connectivity index (χ1v) is 7.15. The van der Waals surface area contributed by atoms with E-state index in [1.807, 2.05) is 0 Å². The van der Waals surface area contributed by atoms with Crippen molar-refractivity contribution in [2.24, 2.45) is 5.92 Å². The van der Waals surface area contributed by atoms with E-state index in [0.717, 1.165) is 12.5 Å². The fourth-order valence-electron chi connectivity index (χ4n) is 2.20. The minimum absolute atomic E-state index is 0.660. The molecule has 0 aliphatic rings. The molecule has 0 spiro atoms. The van der Waals surface area contributed by atoms with Crippen molar-refractivity contribution in [3.8, 4) is 0 Å². The number of nitrogens with zero attached hydrogens (tertiary/aromatic N) is 1. The first-order valence-electron chi connectivity index (χ1n) is 7.15. The van der Waals surface area contributed by atoms with Crippen LogP contribution < -0.4 is 5.32 Å². The van der Waals surface area contributed by atoms with Crippen LogP contribution in [0.1, 0.15) is 53.9 Å². The standard InChI is InChI=1S/C14H32N2/c1-6-10-16(11-7-2)12-14(15-9-4)13(5)8-3/h13-15H,6-12H2,1-5H3. The van der Waals surface area contributed by atoms with Gasteiger partial charge in [0.1, 0.15) is 0 Å². The summed E-state index contributed by atoms with van der Waals surface area (Å²) in [6.07, 6.45) is 3.79. The van der Waals surface area contributed by atoms with Gasteiger partial charge in [-0.2, -0.15) is 0 Å². The molecular formula is C14H32N2. The molecule has 2 atom stereocenters. The van der Waals surface area contributed by atoms with Gasteiger partial charge >= 0.3 is 0 Å². The lowest BCUT2D eigenvalue weighted by atomic mass is 9.98. The van der Waals surface area contributed by atoms with E-state index in [2.05, 4.69) is 44.8 Å². The molecule has 2 heteroatoms. The maximum absolute atomic E-state index is 3.64. The lowest BCUT2D eigenvalue weighted by molar-refractivity contribution is 0.212. The second-order valence-corrected chi connectivity index (χ2v) is 4.85. The van der Waals surface area contributed by atoms with E-state index in [4.69, 9.17) is 0 Å². The third-order valence-electron chi connectivity index (χ3n) is 3.33. The third kappa shape index (κ3) is 6.49. The zero-order chi connectivity index (χ0) is 12.4. The monoisotopic (exact) mass is 228 g/mol. The molecule has 0 heterocycles. The predicted octanol–water partition coefficient (Wildman–Crippen LogP) is 3.13. The van der Waals surface area contributed by atoms with Gasteiger partial charge in [-0.05, 0) is 38.4 Å². The zero-order valence-corrected chi connectivity index (χ0v) is 12.1. The number of hydrogen-bond acceptors (Lipinski definition) is 2. The second kappa shape index (κ2) is 10.1. The zero-order valence-electron chi connectivity index (χ0n) is 12.1. The first kappa shape index (κ1) is 15.9. The molecule has 0 bridgehead atoms. The maximum Gasteiger partial charge on any atom is 0.0220 e. The Labute approximate surface area is 103 Å². The normalized spacial score (nSPS) is 15.4. The summed E-state index contributed by atoms with van der Waals surface area (Å²) < 4.78 is 0. The van der Waals surface area contributed by atoms with Gasteiger partial charge < -0.3 is 10.2 Å². The molecule has 2 unspecified atom stereocenters. The van der Waals surface area contributed by atoms with Crippen LogP contribution >= 0.6 is 0 Å². The van der Waals surface area contributed by atoms with Crippen molar-refractivity contribution in [1.82, 2.24) is 10.2 Å². The molecule has 0 amide bonds. The van der Waals surface area contributed by atoms with Crippen LogP contribution in [0.5, 0.6) is 0 Å². The molecule has 0 fully saturated rings. The van der Waals surface area contributed by atoms with Crippen LogP contribution in [-0.2, 0) is 0 Å². The van der Waals surface area contributed by atoms with Gasteiger partial charge in [0.05, 0.1) is 0 Å². The van der Waals surface area contributed by atoms with Crippen LogP contribution in [0, 0.1) is 5.92 Å². The Kier molecular flexibility index (Phi) is 10.0. The number of hydrogen-bond donors (Lipinski definition) is 1. The van der Waals surface area contributed by atoms with Crippen molar-refractivity contribution in [2.75, 3.05) is 26.2 Å². The fourth-order valence-corrected chi connectivity index (χ4v) is 2.20. The molecule has 0 aromatic heterocycles. The van der Waals surface area contributed by atoms with Gasteiger partial charge in [0.15, 0.2) is 0 Å². The average molecular weight is 228 g/mol. The largest absolute Gasteiger partial charge is 0.313 e. The smallest absolute Gasteiger partial charge is 0.0220 e. The van der Waals surface area contributed by atoms with Crippen LogP contribution in [-0.4, -0.2) is 37.1 Å². The van der Waals surface area contributed by atoms with E-state index in [1.54, 1.807) is 0 Å². The van der Waals surface area contributed by atoms with Crippen LogP contribution in [0.4, 0.5) is 0 Å². The minimum Gasteiger partial charge on any atom is -0.313 e. The van der Waals surface area contributed by atoms with E-state index < -0.39 is 0 Å².